The Hall–Kier alpha value is -3.27. The Kier molecular flexibility index (Phi) is 10.6. The van der Waals surface area contributed by atoms with Crippen molar-refractivity contribution in [2.45, 2.75) is 40.3 Å². The standard InChI is InChI=1S/C26H37N3O6S/c1-7-35-24-14-9-8-13-23(24)29(36(6,32)33)18-25(30)28(20(4)26(31)27-16-19(2)3)17-21-11-10-12-22(15-21)34-5/h8-15,19-20H,7,16-18H2,1-6H3,(H,27,31). The minimum atomic E-state index is -3.85. The molecule has 0 bridgehead atoms. The van der Waals surface area contributed by atoms with E-state index in [1.807, 2.05) is 19.9 Å². The van der Waals surface area contributed by atoms with Crippen molar-refractivity contribution in [1.82, 2.24) is 10.2 Å². The van der Waals surface area contributed by atoms with Crippen molar-refractivity contribution in [3.63, 3.8) is 0 Å². The number of rotatable bonds is 13. The predicted molar refractivity (Wildman–Crippen MR) is 141 cm³/mol. The summed E-state index contributed by atoms with van der Waals surface area (Å²) >= 11 is 0. The van der Waals surface area contributed by atoms with E-state index in [4.69, 9.17) is 9.47 Å². The van der Waals surface area contributed by atoms with Gasteiger partial charge in [0.1, 0.15) is 24.1 Å². The third-order valence-corrected chi connectivity index (χ3v) is 6.58. The lowest BCUT2D eigenvalue weighted by molar-refractivity contribution is -0.139. The molecular formula is C26H37N3O6S. The molecule has 36 heavy (non-hydrogen) atoms. The summed E-state index contributed by atoms with van der Waals surface area (Å²) in [7, 11) is -2.31. The van der Waals surface area contributed by atoms with Gasteiger partial charge in [0.05, 0.1) is 25.7 Å². The largest absolute Gasteiger partial charge is 0.497 e. The van der Waals surface area contributed by atoms with Gasteiger partial charge in [-0.05, 0) is 49.6 Å². The van der Waals surface area contributed by atoms with Gasteiger partial charge >= 0.3 is 0 Å². The Morgan fingerprint density at radius 2 is 1.75 bits per heavy atom. The van der Waals surface area contributed by atoms with Crippen LogP contribution in [0, 0.1) is 5.92 Å². The van der Waals surface area contributed by atoms with Crippen molar-refractivity contribution in [1.29, 1.82) is 0 Å². The lowest BCUT2D eigenvalue weighted by Gasteiger charge is -2.32. The molecule has 2 aromatic carbocycles. The second-order valence-electron chi connectivity index (χ2n) is 8.86. The molecule has 198 valence electrons. The number of carbonyl (C=O) groups is 2. The maximum absolute atomic E-state index is 13.7. The summed E-state index contributed by atoms with van der Waals surface area (Å²) in [5, 5.41) is 2.86. The van der Waals surface area contributed by atoms with Gasteiger partial charge in [0, 0.05) is 13.1 Å². The number of nitrogens with zero attached hydrogens (tertiary/aromatic N) is 2. The molecule has 10 heteroatoms. The van der Waals surface area contributed by atoms with Gasteiger partial charge in [0.15, 0.2) is 0 Å². The summed E-state index contributed by atoms with van der Waals surface area (Å²) < 4.78 is 37.5. The Balaban J connectivity index is 2.43. The number of benzene rings is 2. The van der Waals surface area contributed by atoms with Gasteiger partial charge in [-0.25, -0.2) is 8.42 Å². The first-order chi connectivity index (χ1) is 17.0. The molecule has 0 radical (unpaired) electrons. The summed E-state index contributed by atoms with van der Waals surface area (Å²) in [4.78, 5) is 28.0. The number of methoxy groups -OCH3 is 1. The van der Waals surface area contributed by atoms with E-state index in [-0.39, 0.29) is 24.1 Å². The zero-order valence-corrected chi connectivity index (χ0v) is 22.7. The summed E-state index contributed by atoms with van der Waals surface area (Å²) in [5.74, 6) is 0.349. The van der Waals surface area contributed by atoms with Gasteiger partial charge in [-0.2, -0.15) is 0 Å². The van der Waals surface area contributed by atoms with Crippen molar-refractivity contribution >= 4 is 27.5 Å². The number of amides is 2. The van der Waals surface area contributed by atoms with E-state index in [0.717, 1.165) is 16.1 Å². The maximum Gasteiger partial charge on any atom is 0.244 e. The van der Waals surface area contributed by atoms with Crippen LogP contribution in [0.4, 0.5) is 5.69 Å². The molecule has 0 saturated carbocycles. The van der Waals surface area contributed by atoms with Crippen LogP contribution >= 0.6 is 0 Å². The van der Waals surface area contributed by atoms with Crippen LogP contribution in [0.25, 0.3) is 0 Å². The van der Waals surface area contributed by atoms with Gasteiger partial charge in [-0.3, -0.25) is 13.9 Å². The van der Waals surface area contributed by atoms with Gasteiger partial charge in [-0.15, -0.1) is 0 Å². The van der Waals surface area contributed by atoms with Crippen molar-refractivity contribution in [2.24, 2.45) is 5.92 Å². The molecule has 2 amide bonds. The van der Waals surface area contributed by atoms with E-state index in [9.17, 15) is 18.0 Å². The fourth-order valence-corrected chi connectivity index (χ4v) is 4.39. The molecule has 0 aliphatic carbocycles. The summed E-state index contributed by atoms with van der Waals surface area (Å²) in [6, 6.07) is 13.0. The normalized spacial score (nSPS) is 12.1. The molecule has 0 saturated heterocycles. The molecule has 0 aliphatic rings. The van der Waals surface area contributed by atoms with E-state index in [0.29, 0.717) is 24.7 Å². The topological polar surface area (TPSA) is 105 Å². The molecule has 0 aliphatic heterocycles. The smallest absolute Gasteiger partial charge is 0.244 e. The number of ether oxygens (including phenoxy) is 2. The van der Waals surface area contributed by atoms with E-state index in [1.54, 1.807) is 63.4 Å². The first-order valence-corrected chi connectivity index (χ1v) is 13.7. The number of para-hydroxylation sites is 2. The zero-order chi connectivity index (χ0) is 26.9. The highest BCUT2D eigenvalue weighted by Crippen LogP contribution is 2.30. The molecule has 2 aromatic rings. The Morgan fingerprint density at radius 1 is 1.06 bits per heavy atom. The summed E-state index contributed by atoms with van der Waals surface area (Å²) in [6.45, 7) is 7.77. The van der Waals surface area contributed by atoms with Crippen LogP contribution in [0.5, 0.6) is 11.5 Å². The molecule has 0 spiro atoms. The molecule has 2 rings (SSSR count). The second-order valence-corrected chi connectivity index (χ2v) is 10.8. The zero-order valence-electron chi connectivity index (χ0n) is 21.9. The van der Waals surface area contributed by atoms with Crippen LogP contribution in [0.1, 0.15) is 33.3 Å². The SMILES string of the molecule is CCOc1ccccc1N(CC(=O)N(Cc1cccc(OC)c1)C(C)C(=O)NCC(C)C)S(C)(=O)=O. The molecule has 0 aromatic heterocycles. The fourth-order valence-electron chi connectivity index (χ4n) is 3.54. The van der Waals surface area contributed by atoms with Crippen LogP contribution in [0.15, 0.2) is 48.5 Å². The monoisotopic (exact) mass is 519 g/mol. The third kappa shape index (κ3) is 8.15. The molecule has 9 nitrogen and oxygen atoms in total. The van der Waals surface area contributed by atoms with Crippen molar-refractivity contribution in [3.05, 3.63) is 54.1 Å². The van der Waals surface area contributed by atoms with Gasteiger partial charge in [-0.1, -0.05) is 38.1 Å². The summed E-state index contributed by atoms with van der Waals surface area (Å²) in [5.41, 5.74) is 1.00. The second kappa shape index (κ2) is 13.2. The molecule has 1 unspecified atom stereocenters. The molecule has 1 atom stereocenters. The first-order valence-electron chi connectivity index (χ1n) is 11.9. The van der Waals surface area contributed by atoms with Crippen LogP contribution < -0.4 is 19.1 Å². The Bertz CT molecular complexity index is 1140. The first kappa shape index (κ1) is 29.0. The van der Waals surface area contributed by atoms with E-state index >= 15 is 0 Å². The highest BCUT2D eigenvalue weighted by molar-refractivity contribution is 7.92. The third-order valence-electron chi connectivity index (χ3n) is 5.45. The minimum Gasteiger partial charge on any atom is -0.497 e. The highest BCUT2D eigenvalue weighted by atomic mass is 32.2. The lowest BCUT2D eigenvalue weighted by Crippen LogP contribution is -2.51. The lowest BCUT2D eigenvalue weighted by atomic mass is 10.1. The maximum atomic E-state index is 13.7. The van der Waals surface area contributed by atoms with Gasteiger partial charge in [0.2, 0.25) is 21.8 Å². The van der Waals surface area contributed by atoms with Crippen LogP contribution in [0.2, 0.25) is 0 Å². The van der Waals surface area contributed by atoms with E-state index in [1.165, 1.54) is 4.90 Å². The number of hydrogen-bond acceptors (Lipinski definition) is 6. The molecular weight excluding hydrogens is 482 g/mol. The predicted octanol–water partition coefficient (Wildman–Crippen LogP) is 3.05. The molecule has 0 fully saturated rings. The Morgan fingerprint density at radius 3 is 2.36 bits per heavy atom. The number of sulfonamides is 1. The summed E-state index contributed by atoms with van der Waals surface area (Å²) in [6.07, 6.45) is 1.04. The van der Waals surface area contributed by atoms with Crippen LogP contribution in [0.3, 0.4) is 0 Å². The number of carbonyl (C=O) groups excluding carboxylic acids is 2. The average molecular weight is 520 g/mol. The quantitative estimate of drug-likeness (QED) is 0.436. The molecule has 1 N–H and O–H groups in total. The van der Waals surface area contributed by atoms with Crippen molar-refractivity contribution < 1.29 is 27.5 Å². The van der Waals surface area contributed by atoms with Gasteiger partial charge < -0.3 is 19.7 Å². The van der Waals surface area contributed by atoms with Crippen molar-refractivity contribution in [3.8, 4) is 11.5 Å². The molecule has 0 heterocycles. The van der Waals surface area contributed by atoms with Crippen LogP contribution in [-0.4, -0.2) is 64.2 Å². The van der Waals surface area contributed by atoms with E-state index in [2.05, 4.69) is 5.32 Å². The van der Waals surface area contributed by atoms with Crippen LogP contribution in [-0.2, 0) is 26.2 Å². The fraction of sp³-hybridized carbons (Fsp3) is 0.462. The number of hydrogen-bond donors (Lipinski definition) is 1. The average Bonchev–Trinajstić information content (AvgIpc) is 2.84. The minimum absolute atomic E-state index is 0.0943. The highest BCUT2D eigenvalue weighted by Gasteiger charge is 2.31. The number of anilines is 1. The van der Waals surface area contributed by atoms with Gasteiger partial charge in [0.25, 0.3) is 0 Å². The number of nitrogens with one attached hydrogen (secondary N) is 1. The Labute approximate surface area is 214 Å². The van der Waals surface area contributed by atoms with Crippen molar-refractivity contribution in [2.75, 3.05) is 37.4 Å². The van der Waals surface area contributed by atoms with E-state index < -0.39 is 28.5 Å².